The molecule has 0 saturated carbocycles. The molecular weight excluding hydrogens is 448 g/mol. The van der Waals surface area contributed by atoms with Crippen molar-refractivity contribution < 1.29 is 14.0 Å². The van der Waals surface area contributed by atoms with Gasteiger partial charge in [0.2, 0.25) is 5.91 Å². The maximum atomic E-state index is 13.4. The Bertz CT molecular complexity index is 1320. The summed E-state index contributed by atoms with van der Waals surface area (Å²) in [5.74, 6) is 1.41. The third-order valence-corrected chi connectivity index (χ3v) is 6.94. The predicted octanol–water partition coefficient (Wildman–Crippen LogP) is 5.15. The van der Waals surface area contributed by atoms with Crippen molar-refractivity contribution >= 4 is 29.3 Å². The van der Waals surface area contributed by atoms with Crippen molar-refractivity contribution in [2.24, 2.45) is 5.92 Å². The van der Waals surface area contributed by atoms with Crippen LogP contribution in [-0.2, 0) is 17.6 Å². The van der Waals surface area contributed by atoms with E-state index in [4.69, 9.17) is 4.42 Å². The second-order valence-electron chi connectivity index (χ2n) is 8.41. The molecule has 7 nitrogen and oxygen atoms in total. The highest BCUT2D eigenvalue weighted by Gasteiger charge is 2.31. The smallest absolute Gasteiger partial charge is 0.255 e. The highest BCUT2D eigenvalue weighted by molar-refractivity contribution is 7.99. The molecule has 1 aliphatic carbocycles. The first-order chi connectivity index (χ1) is 16.6. The lowest BCUT2D eigenvalue weighted by Crippen LogP contribution is -2.22. The normalized spacial score (nSPS) is 15.2. The van der Waals surface area contributed by atoms with Gasteiger partial charge in [0.05, 0.1) is 11.9 Å². The summed E-state index contributed by atoms with van der Waals surface area (Å²) in [5.41, 5.74) is 5.68. The third kappa shape index (κ3) is 4.82. The zero-order valence-corrected chi connectivity index (χ0v) is 19.5. The number of anilines is 1. The standard InChI is InChI=1S/C26H24N4O3S/c1-16(31)29-23-14-19(7-8-27-23)25-20(11-17-5-3-2-4-6-17)24-21(30-25)12-18(13-22(24)32)15-34-26-28-9-10-33-26/h2-10,14,18,30H,11-13,15H2,1H3,(H,27,29,31). The Morgan fingerprint density at radius 3 is 2.79 bits per heavy atom. The van der Waals surface area contributed by atoms with Gasteiger partial charge in [-0.15, -0.1) is 0 Å². The SMILES string of the molecule is CC(=O)Nc1cc(-c2[nH]c3c(c2Cc2ccccc2)C(=O)CC(CSc2ncco2)C3)ccn1. The lowest BCUT2D eigenvalue weighted by molar-refractivity contribution is -0.114. The maximum Gasteiger partial charge on any atom is 0.255 e. The number of rotatable bonds is 7. The Morgan fingerprint density at radius 2 is 2.03 bits per heavy atom. The van der Waals surface area contributed by atoms with Crippen LogP contribution in [0, 0.1) is 5.92 Å². The largest absolute Gasteiger partial charge is 0.440 e. The Morgan fingerprint density at radius 1 is 1.18 bits per heavy atom. The van der Waals surface area contributed by atoms with Crippen LogP contribution in [0.1, 0.15) is 40.5 Å². The number of H-pyrrole nitrogens is 1. The Hall–Kier alpha value is -3.65. The van der Waals surface area contributed by atoms with Crippen LogP contribution in [0.2, 0.25) is 0 Å². The van der Waals surface area contributed by atoms with E-state index in [2.05, 4.69) is 32.4 Å². The molecule has 0 bridgehead atoms. The number of ketones is 1. The molecule has 1 unspecified atom stereocenters. The molecule has 0 fully saturated rings. The van der Waals surface area contributed by atoms with Crippen LogP contribution in [-0.4, -0.2) is 32.4 Å². The number of benzene rings is 1. The number of thioether (sulfide) groups is 1. The second kappa shape index (κ2) is 9.69. The number of amides is 1. The minimum absolute atomic E-state index is 0.156. The Kier molecular flexibility index (Phi) is 6.31. The molecule has 1 aromatic carbocycles. The summed E-state index contributed by atoms with van der Waals surface area (Å²) in [5, 5.41) is 3.37. The van der Waals surface area contributed by atoms with Gasteiger partial charge in [-0.1, -0.05) is 42.1 Å². The molecule has 5 rings (SSSR count). The van der Waals surface area contributed by atoms with E-state index in [1.165, 1.54) is 18.7 Å². The van der Waals surface area contributed by atoms with Gasteiger partial charge in [0.1, 0.15) is 12.1 Å². The van der Waals surface area contributed by atoms with E-state index >= 15 is 0 Å². The summed E-state index contributed by atoms with van der Waals surface area (Å²) < 4.78 is 5.33. The molecule has 3 heterocycles. The highest BCUT2D eigenvalue weighted by atomic mass is 32.2. The van der Waals surface area contributed by atoms with Crippen molar-refractivity contribution in [1.82, 2.24) is 15.0 Å². The number of hydrogen-bond acceptors (Lipinski definition) is 6. The number of Topliss-reactive ketones (excluding diaryl/α,β-unsaturated/α-hetero) is 1. The van der Waals surface area contributed by atoms with Crippen LogP contribution in [0.4, 0.5) is 5.82 Å². The van der Waals surface area contributed by atoms with E-state index in [1.54, 1.807) is 18.7 Å². The lowest BCUT2D eigenvalue weighted by Gasteiger charge is -2.21. The van der Waals surface area contributed by atoms with Crippen molar-refractivity contribution in [3.05, 3.63) is 83.5 Å². The number of nitrogens with zero attached hydrogens (tertiary/aromatic N) is 2. The summed E-state index contributed by atoms with van der Waals surface area (Å²) in [7, 11) is 0. The number of nitrogens with one attached hydrogen (secondary N) is 2. The molecule has 34 heavy (non-hydrogen) atoms. The van der Waals surface area contributed by atoms with Crippen molar-refractivity contribution in [1.29, 1.82) is 0 Å². The number of aromatic nitrogens is 3. The number of oxazole rings is 1. The van der Waals surface area contributed by atoms with Gasteiger partial charge in [0.25, 0.3) is 5.22 Å². The number of fused-ring (bicyclic) bond motifs is 1. The molecule has 1 amide bonds. The van der Waals surface area contributed by atoms with E-state index in [-0.39, 0.29) is 17.6 Å². The first kappa shape index (κ1) is 22.2. The van der Waals surface area contributed by atoms with Gasteiger partial charge in [-0.25, -0.2) is 9.97 Å². The van der Waals surface area contributed by atoms with Gasteiger partial charge < -0.3 is 14.7 Å². The van der Waals surface area contributed by atoms with Crippen molar-refractivity contribution in [2.45, 2.75) is 31.4 Å². The van der Waals surface area contributed by atoms with Gasteiger partial charge in [-0.3, -0.25) is 9.59 Å². The molecular formula is C26H24N4O3S. The fourth-order valence-electron chi connectivity index (χ4n) is 4.46. The quantitative estimate of drug-likeness (QED) is 0.361. The van der Waals surface area contributed by atoms with Gasteiger partial charge >= 0.3 is 0 Å². The fourth-order valence-corrected chi connectivity index (χ4v) is 5.33. The molecule has 0 radical (unpaired) electrons. The van der Waals surface area contributed by atoms with Gasteiger partial charge in [0, 0.05) is 48.5 Å². The topological polar surface area (TPSA) is 101 Å². The number of carbonyl (C=O) groups excluding carboxylic acids is 2. The van der Waals surface area contributed by atoms with E-state index in [0.29, 0.717) is 23.9 Å². The average Bonchev–Trinajstić information content (AvgIpc) is 3.47. The molecule has 0 spiro atoms. The summed E-state index contributed by atoms with van der Waals surface area (Å²) >= 11 is 1.54. The maximum absolute atomic E-state index is 13.4. The predicted molar refractivity (Wildman–Crippen MR) is 131 cm³/mol. The summed E-state index contributed by atoms with van der Waals surface area (Å²) in [6.07, 6.45) is 6.77. The molecule has 2 N–H and O–H groups in total. The van der Waals surface area contributed by atoms with Gasteiger partial charge in [0.15, 0.2) is 5.78 Å². The van der Waals surface area contributed by atoms with Crippen LogP contribution in [0.25, 0.3) is 11.3 Å². The number of carbonyl (C=O) groups is 2. The average molecular weight is 473 g/mol. The number of aromatic amines is 1. The number of hydrogen-bond donors (Lipinski definition) is 2. The van der Waals surface area contributed by atoms with Crippen molar-refractivity contribution in [2.75, 3.05) is 11.1 Å². The van der Waals surface area contributed by atoms with Crippen LogP contribution in [0.5, 0.6) is 0 Å². The number of pyridine rings is 1. The minimum atomic E-state index is -0.179. The molecule has 8 heteroatoms. The van der Waals surface area contributed by atoms with Gasteiger partial charge in [-0.2, -0.15) is 0 Å². The van der Waals surface area contributed by atoms with Crippen molar-refractivity contribution in [3.63, 3.8) is 0 Å². The summed E-state index contributed by atoms with van der Waals surface area (Å²) in [6.45, 7) is 1.46. The fraction of sp³-hybridized carbons (Fsp3) is 0.231. The zero-order valence-electron chi connectivity index (χ0n) is 18.7. The van der Waals surface area contributed by atoms with Crippen LogP contribution >= 0.6 is 11.8 Å². The van der Waals surface area contributed by atoms with E-state index in [9.17, 15) is 9.59 Å². The summed E-state index contributed by atoms with van der Waals surface area (Å²) in [6, 6.07) is 13.9. The monoisotopic (exact) mass is 472 g/mol. The third-order valence-electron chi connectivity index (χ3n) is 5.86. The molecule has 3 aromatic heterocycles. The summed E-state index contributed by atoms with van der Waals surface area (Å²) in [4.78, 5) is 36.9. The molecule has 172 valence electrons. The van der Waals surface area contributed by atoms with Crippen LogP contribution < -0.4 is 5.32 Å². The lowest BCUT2D eigenvalue weighted by atomic mass is 9.84. The molecule has 1 aliphatic rings. The van der Waals surface area contributed by atoms with E-state index in [0.717, 1.165) is 45.8 Å². The van der Waals surface area contributed by atoms with E-state index < -0.39 is 0 Å². The minimum Gasteiger partial charge on any atom is -0.440 e. The Labute approximate surface area is 201 Å². The zero-order chi connectivity index (χ0) is 23.5. The highest BCUT2D eigenvalue weighted by Crippen LogP contribution is 2.37. The molecule has 4 aromatic rings. The Balaban J connectivity index is 1.51. The van der Waals surface area contributed by atoms with E-state index in [1.807, 2.05) is 30.3 Å². The molecule has 0 aliphatic heterocycles. The first-order valence-electron chi connectivity index (χ1n) is 11.1. The second-order valence-corrected chi connectivity index (χ2v) is 9.38. The van der Waals surface area contributed by atoms with Gasteiger partial charge in [-0.05, 0) is 35.6 Å². The molecule has 1 atom stereocenters. The molecule has 0 saturated heterocycles. The van der Waals surface area contributed by atoms with Crippen LogP contribution in [0.3, 0.4) is 0 Å². The van der Waals surface area contributed by atoms with Crippen LogP contribution in [0.15, 0.2) is 70.8 Å². The van der Waals surface area contributed by atoms with Crippen molar-refractivity contribution in [3.8, 4) is 11.3 Å². The first-order valence-corrected chi connectivity index (χ1v) is 12.1.